The van der Waals surface area contributed by atoms with E-state index in [0.717, 1.165) is 25.1 Å². The normalized spacial score (nSPS) is 18.9. The number of amides is 1. The standard InChI is InChI=1S/C12H19N5O/c18-12(14-10-3-4-10)5-6-17-8-11(15-16-17)7-13-9-1-2-9/h8-10,13H,1-7H2,(H,14,18). The molecule has 98 valence electrons. The van der Waals surface area contributed by atoms with Crippen molar-refractivity contribution in [3.05, 3.63) is 11.9 Å². The molecule has 1 heterocycles. The van der Waals surface area contributed by atoms with E-state index in [0.29, 0.717) is 25.0 Å². The van der Waals surface area contributed by atoms with Crippen molar-refractivity contribution >= 4 is 5.91 Å². The Labute approximate surface area is 106 Å². The van der Waals surface area contributed by atoms with Crippen LogP contribution < -0.4 is 10.6 Å². The summed E-state index contributed by atoms with van der Waals surface area (Å²) in [5.74, 6) is 0.116. The number of nitrogens with zero attached hydrogens (tertiary/aromatic N) is 3. The van der Waals surface area contributed by atoms with Crippen LogP contribution in [0.25, 0.3) is 0 Å². The maximum Gasteiger partial charge on any atom is 0.222 e. The monoisotopic (exact) mass is 249 g/mol. The van der Waals surface area contributed by atoms with Gasteiger partial charge in [0.2, 0.25) is 5.91 Å². The third-order valence-corrected chi connectivity index (χ3v) is 3.25. The van der Waals surface area contributed by atoms with Gasteiger partial charge in [-0.3, -0.25) is 9.48 Å². The predicted molar refractivity (Wildman–Crippen MR) is 65.7 cm³/mol. The van der Waals surface area contributed by atoms with Crippen LogP contribution in [-0.2, 0) is 17.9 Å². The average Bonchev–Trinajstić information content (AvgIpc) is 3.27. The van der Waals surface area contributed by atoms with Crippen molar-refractivity contribution in [1.29, 1.82) is 0 Å². The maximum atomic E-state index is 11.5. The Hall–Kier alpha value is -1.43. The number of carbonyl (C=O) groups excluding carboxylic acids is 1. The SMILES string of the molecule is O=C(CCn1cc(CNC2CC2)nn1)NC1CC1. The number of nitrogens with one attached hydrogen (secondary N) is 2. The molecule has 0 spiro atoms. The third kappa shape index (κ3) is 3.53. The topological polar surface area (TPSA) is 71.8 Å². The summed E-state index contributed by atoms with van der Waals surface area (Å²) in [7, 11) is 0. The van der Waals surface area contributed by atoms with Crippen LogP contribution in [0.3, 0.4) is 0 Å². The Balaban J connectivity index is 1.39. The molecule has 6 heteroatoms. The number of carbonyl (C=O) groups is 1. The van der Waals surface area contributed by atoms with Gasteiger partial charge in [0, 0.05) is 31.2 Å². The van der Waals surface area contributed by atoms with E-state index < -0.39 is 0 Å². The van der Waals surface area contributed by atoms with Crippen LogP contribution in [-0.4, -0.2) is 33.0 Å². The number of hydrogen-bond donors (Lipinski definition) is 2. The van der Waals surface area contributed by atoms with Gasteiger partial charge in [0.25, 0.3) is 0 Å². The summed E-state index contributed by atoms with van der Waals surface area (Å²) in [5.41, 5.74) is 0.949. The van der Waals surface area contributed by atoms with Crippen LogP contribution >= 0.6 is 0 Å². The quantitative estimate of drug-likeness (QED) is 0.724. The molecule has 2 N–H and O–H groups in total. The smallest absolute Gasteiger partial charge is 0.222 e. The van der Waals surface area contributed by atoms with Gasteiger partial charge in [0.05, 0.1) is 12.2 Å². The molecule has 18 heavy (non-hydrogen) atoms. The summed E-state index contributed by atoms with van der Waals surface area (Å²) >= 11 is 0. The molecule has 2 aliphatic rings. The molecule has 0 radical (unpaired) electrons. The van der Waals surface area contributed by atoms with E-state index in [1.165, 1.54) is 12.8 Å². The van der Waals surface area contributed by atoms with Gasteiger partial charge in [-0.25, -0.2) is 0 Å². The molecule has 0 bridgehead atoms. The van der Waals surface area contributed by atoms with Gasteiger partial charge < -0.3 is 10.6 Å². The Bertz CT molecular complexity index is 422. The first-order valence-corrected chi connectivity index (χ1v) is 6.71. The van der Waals surface area contributed by atoms with E-state index in [1.54, 1.807) is 4.68 Å². The van der Waals surface area contributed by atoms with Gasteiger partial charge in [0.1, 0.15) is 0 Å². The molecule has 0 saturated heterocycles. The molecule has 1 amide bonds. The van der Waals surface area contributed by atoms with E-state index in [4.69, 9.17) is 0 Å². The Morgan fingerprint density at radius 1 is 1.33 bits per heavy atom. The molecule has 0 aliphatic heterocycles. The van der Waals surface area contributed by atoms with E-state index in [2.05, 4.69) is 20.9 Å². The predicted octanol–water partition coefficient (Wildman–Crippen LogP) is 0.199. The van der Waals surface area contributed by atoms with Crippen molar-refractivity contribution in [1.82, 2.24) is 25.6 Å². The van der Waals surface area contributed by atoms with Crippen molar-refractivity contribution < 1.29 is 4.79 Å². The number of aryl methyl sites for hydroxylation is 1. The largest absolute Gasteiger partial charge is 0.353 e. The first-order valence-electron chi connectivity index (χ1n) is 6.71. The minimum absolute atomic E-state index is 0.116. The fourth-order valence-corrected chi connectivity index (χ4v) is 1.81. The van der Waals surface area contributed by atoms with Crippen LogP contribution in [0, 0.1) is 0 Å². The minimum atomic E-state index is 0.116. The van der Waals surface area contributed by atoms with Crippen molar-refractivity contribution in [3.8, 4) is 0 Å². The summed E-state index contributed by atoms with van der Waals surface area (Å²) in [6.45, 7) is 1.38. The molecule has 3 rings (SSSR count). The average molecular weight is 249 g/mol. The lowest BCUT2D eigenvalue weighted by atomic mass is 10.4. The molecule has 0 atom stereocenters. The van der Waals surface area contributed by atoms with Crippen molar-refractivity contribution in [3.63, 3.8) is 0 Å². The Morgan fingerprint density at radius 3 is 2.83 bits per heavy atom. The molecule has 0 unspecified atom stereocenters. The van der Waals surface area contributed by atoms with Crippen LogP contribution in [0.15, 0.2) is 6.20 Å². The molecular formula is C12H19N5O. The molecule has 1 aromatic rings. The lowest BCUT2D eigenvalue weighted by Gasteiger charge is -2.02. The first-order chi connectivity index (χ1) is 8.79. The van der Waals surface area contributed by atoms with Crippen LogP contribution in [0.5, 0.6) is 0 Å². The van der Waals surface area contributed by atoms with E-state index >= 15 is 0 Å². The highest BCUT2D eigenvalue weighted by molar-refractivity contribution is 5.76. The molecule has 0 aromatic carbocycles. The van der Waals surface area contributed by atoms with Gasteiger partial charge in [-0.05, 0) is 25.7 Å². The van der Waals surface area contributed by atoms with Crippen molar-refractivity contribution in [2.45, 2.75) is 57.3 Å². The lowest BCUT2D eigenvalue weighted by Crippen LogP contribution is -2.26. The molecule has 1 aromatic heterocycles. The molecule has 2 saturated carbocycles. The molecule has 6 nitrogen and oxygen atoms in total. The van der Waals surface area contributed by atoms with Crippen molar-refractivity contribution in [2.24, 2.45) is 0 Å². The minimum Gasteiger partial charge on any atom is -0.353 e. The second-order valence-electron chi connectivity index (χ2n) is 5.22. The van der Waals surface area contributed by atoms with Crippen LogP contribution in [0.1, 0.15) is 37.8 Å². The van der Waals surface area contributed by atoms with Gasteiger partial charge >= 0.3 is 0 Å². The highest BCUT2D eigenvalue weighted by atomic mass is 16.1. The molecule has 2 aliphatic carbocycles. The zero-order valence-corrected chi connectivity index (χ0v) is 10.4. The first kappa shape index (κ1) is 11.6. The second-order valence-corrected chi connectivity index (χ2v) is 5.22. The van der Waals surface area contributed by atoms with Crippen LogP contribution in [0.2, 0.25) is 0 Å². The van der Waals surface area contributed by atoms with Gasteiger partial charge in [0.15, 0.2) is 0 Å². The zero-order chi connectivity index (χ0) is 12.4. The highest BCUT2D eigenvalue weighted by Crippen LogP contribution is 2.19. The van der Waals surface area contributed by atoms with Gasteiger partial charge in [-0.15, -0.1) is 5.10 Å². The lowest BCUT2D eigenvalue weighted by molar-refractivity contribution is -0.121. The molecular weight excluding hydrogens is 230 g/mol. The maximum absolute atomic E-state index is 11.5. The second kappa shape index (κ2) is 5.06. The van der Waals surface area contributed by atoms with Gasteiger partial charge in [-0.2, -0.15) is 0 Å². The number of hydrogen-bond acceptors (Lipinski definition) is 4. The summed E-state index contributed by atoms with van der Waals surface area (Å²) in [6, 6.07) is 1.12. The highest BCUT2D eigenvalue weighted by Gasteiger charge is 2.23. The number of rotatable bonds is 7. The summed E-state index contributed by atoms with van der Waals surface area (Å²) in [5, 5.41) is 14.5. The van der Waals surface area contributed by atoms with E-state index in [1.807, 2.05) is 6.20 Å². The molecule has 2 fully saturated rings. The van der Waals surface area contributed by atoms with E-state index in [9.17, 15) is 4.79 Å². The summed E-state index contributed by atoms with van der Waals surface area (Å²) in [4.78, 5) is 11.5. The zero-order valence-electron chi connectivity index (χ0n) is 10.4. The number of aromatic nitrogens is 3. The van der Waals surface area contributed by atoms with Crippen molar-refractivity contribution in [2.75, 3.05) is 0 Å². The van der Waals surface area contributed by atoms with E-state index in [-0.39, 0.29) is 5.91 Å². The third-order valence-electron chi connectivity index (χ3n) is 3.25. The Kier molecular flexibility index (Phi) is 3.27. The fourth-order valence-electron chi connectivity index (χ4n) is 1.81. The fraction of sp³-hybridized carbons (Fsp3) is 0.750. The van der Waals surface area contributed by atoms with Crippen LogP contribution in [0.4, 0.5) is 0 Å². The summed E-state index contributed by atoms with van der Waals surface area (Å²) < 4.78 is 1.75. The van der Waals surface area contributed by atoms with Gasteiger partial charge in [-0.1, -0.05) is 5.21 Å². The Morgan fingerprint density at radius 2 is 2.11 bits per heavy atom. The summed E-state index contributed by atoms with van der Waals surface area (Å²) in [6.07, 6.45) is 7.21.